The fourth-order valence-electron chi connectivity index (χ4n) is 2.03. The average Bonchev–Trinajstić information content (AvgIpc) is 2.49. The molecular weight excluding hydrogens is 314 g/mol. The molecule has 0 bridgehead atoms. The van der Waals surface area contributed by atoms with Gasteiger partial charge in [0, 0.05) is 6.04 Å². The summed E-state index contributed by atoms with van der Waals surface area (Å²) in [5, 5.41) is 14.2. The molecule has 4 atom stereocenters. The third-order valence-corrected chi connectivity index (χ3v) is 3.68. The van der Waals surface area contributed by atoms with Crippen molar-refractivity contribution in [3.63, 3.8) is 0 Å². The molecule has 9 N–H and O–H groups in total. The van der Waals surface area contributed by atoms with Crippen LogP contribution >= 0.6 is 0 Å². The first-order chi connectivity index (χ1) is 11.1. The van der Waals surface area contributed by atoms with Crippen molar-refractivity contribution < 1.29 is 19.5 Å². The predicted molar refractivity (Wildman–Crippen MR) is 90.9 cm³/mol. The van der Waals surface area contributed by atoms with Crippen LogP contribution in [0.1, 0.15) is 40.0 Å². The van der Waals surface area contributed by atoms with Crippen LogP contribution in [-0.2, 0) is 14.4 Å². The summed E-state index contributed by atoms with van der Waals surface area (Å²) in [7, 11) is 0. The molecule has 1 unspecified atom stereocenters. The summed E-state index contributed by atoms with van der Waals surface area (Å²) in [5.41, 5.74) is 16.6. The molecule has 0 spiro atoms. The second kappa shape index (κ2) is 11.0. The van der Waals surface area contributed by atoms with Gasteiger partial charge >= 0.3 is 5.97 Å². The molecule has 0 aliphatic rings. The average molecular weight is 345 g/mol. The van der Waals surface area contributed by atoms with Crippen molar-refractivity contribution in [2.75, 3.05) is 6.54 Å². The van der Waals surface area contributed by atoms with Gasteiger partial charge in [0.05, 0.1) is 6.04 Å². The number of nitrogens with two attached hydrogens (primary N) is 3. The van der Waals surface area contributed by atoms with Crippen LogP contribution < -0.4 is 27.8 Å². The number of carbonyl (C=O) groups is 3. The minimum absolute atomic E-state index is 0.243. The minimum Gasteiger partial charge on any atom is -0.480 e. The van der Waals surface area contributed by atoms with Crippen LogP contribution in [0.5, 0.6) is 0 Å². The first-order valence-electron chi connectivity index (χ1n) is 8.16. The van der Waals surface area contributed by atoms with E-state index in [2.05, 4.69) is 10.6 Å². The van der Waals surface area contributed by atoms with Gasteiger partial charge in [-0.2, -0.15) is 0 Å². The second-order valence-electron chi connectivity index (χ2n) is 6.30. The number of hydrogen-bond acceptors (Lipinski definition) is 6. The van der Waals surface area contributed by atoms with E-state index in [1.807, 2.05) is 0 Å². The van der Waals surface area contributed by atoms with E-state index in [1.165, 1.54) is 0 Å². The molecule has 0 heterocycles. The zero-order valence-electron chi connectivity index (χ0n) is 14.6. The Morgan fingerprint density at radius 2 is 1.58 bits per heavy atom. The molecule has 0 aromatic heterocycles. The summed E-state index contributed by atoms with van der Waals surface area (Å²) in [6.07, 6.45) is 1.53. The quantitative estimate of drug-likeness (QED) is 0.247. The van der Waals surface area contributed by atoms with Gasteiger partial charge in [-0.3, -0.25) is 9.59 Å². The third kappa shape index (κ3) is 7.71. The van der Waals surface area contributed by atoms with Crippen molar-refractivity contribution in [3.05, 3.63) is 0 Å². The summed E-state index contributed by atoms with van der Waals surface area (Å²) in [4.78, 5) is 35.7. The van der Waals surface area contributed by atoms with Crippen LogP contribution in [0.4, 0.5) is 0 Å². The second-order valence-corrected chi connectivity index (χ2v) is 6.30. The first kappa shape index (κ1) is 22.3. The molecule has 9 nitrogen and oxygen atoms in total. The molecule has 140 valence electrons. The Morgan fingerprint density at radius 3 is 2.00 bits per heavy atom. The van der Waals surface area contributed by atoms with E-state index in [4.69, 9.17) is 17.2 Å². The Bertz CT molecular complexity index is 428. The zero-order chi connectivity index (χ0) is 18.9. The van der Waals surface area contributed by atoms with Gasteiger partial charge in [-0.25, -0.2) is 4.79 Å². The fraction of sp³-hybridized carbons (Fsp3) is 0.800. The molecule has 0 saturated heterocycles. The maximum Gasteiger partial charge on any atom is 0.326 e. The number of carboxylic acids is 1. The lowest BCUT2D eigenvalue weighted by Crippen LogP contribution is -2.58. The Balaban J connectivity index is 4.88. The third-order valence-electron chi connectivity index (χ3n) is 3.68. The van der Waals surface area contributed by atoms with Crippen LogP contribution in [-0.4, -0.2) is 53.6 Å². The molecule has 0 aromatic carbocycles. The number of aliphatic carboxylic acids is 1. The van der Waals surface area contributed by atoms with Crippen molar-refractivity contribution in [2.45, 2.75) is 64.2 Å². The van der Waals surface area contributed by atoms with E-state index in [9.17, 15) is 19.5 Å². The zero-order valence-corrected chi connectivity index (χ0v) is 14.6. The van der Waals surface area contributed by atoms with Crippen LogP contribution in [0.2, 0.25) is 0 Å². The Morgan fingerprint density at radius 1 is 1.00 bits per heavy atom. The lowest BCUT2D eigenvalue weighted by molar-refractivity contribution is -0.142. The highest BCUT2D eigenvalue weighted by Crippen LogP contribution is 2.06. The van der Waals surface area contributed by atoms with Crippen LogP contribution in [0.15, 0.2) is 0 Å². The van der Waals surface area contributed by atoms with Gasteiger partial charge in [0.25, 0.3) is 0 Å². The Hall–Kier alpha value is -1.71. The van der Waals surface area contributed by atoms with Gasteiger partial charge in [0.15, 0.2) is 0 Å². The van der Waals surface area contributed by atoms with Crippen molar-refractivity contribution in [3.8, 4) is 0 Å². The van der Waals surface area contributed by atoms with Gasteiger partial charge in [0.2, 0.25) is 11.8 Å². The first-order valence-corrected chi connectivity index (χ1v) is 8.16. The van der Waals surface area contributed by atoms with Gasteiger partial charge < -0.3 is 32.9 Å². The van der Waals surface area contributed by atoms with Crippen LogP contribution in [0.3, 0.4) is 0 Å². The molecule has 0 aromatic rings. The SMILES string of the molecule is CC(N)[C@H](N)C(=O)N[C@H](C(=O)N[C@@H](CCCCN)C(=O)O)C(C)C. The highest BCUT2D eigenvalue weighted by molar-refractivity contribution is 5.92. The fourth-order valence-corrected chi connectivity index (χ4v) is 2.03. The maximum atomic E-state index is 12.4. The highest BCUT2D eigenvalue weighted by Gasteiger charge is 2.30. The normalized spacial score (nSPS) is 16.1. The number of amides is 2. The topological polar surface area (TPSA) is 174 Å². The van der Waals surface area contributed by atoms with Gasteiger partial charge in [-0.05, 0) is 38.6 Å². The van der Waals surface area contributed by atoms with E-state index in [0.29, 0.717) is 19.4 Å². The summed E-state index contributed by atoms with van der Waals surface area (Å²) in [6, 6.07) is -3.43. The van der Waals surface area contributed by atoms with Crippen LogP contribution in [0, 0.1) is 5.92 Å². The molecule has 24 heavy (non-hydrogen) atoms. The molecular formula is C15H31N5O4. The predicted octanol–water partition coefficient (Wildman–Crippen LogP) is -1.50. The number of nitrogens with one attached hydrogen (secondary N) is 2. The number of rotatable bonds is 11. The standard InChI is InChI=1S/C15H31N5O4/c1-8(2)12(20-13(21)11(18)9(3)17)14(22)19-10(15(23)24)6-4-5-7-16/h8-12H,4-7,16-18H2,1-3H3,(H,19,22)(H,20,21)(H,23,24)/t9?,10-,11-,12-/m0/s1. The van der Waals surface area contributed by atoms with E-state index in [1.54, 1.807) is 20.8 Å². The van der Waals surface area contributed by atoms with E-state index in [-0.39, 0.29) is 12.3 Å². The highest BCUT2D eigenvalue weighted by atomic mass is 16.4. The van der Waals surface area contributed by atoms with E-state index >= 15 is 0 Å². The summed E-state index contributed by atoms with van der Waals surface area (Å²) in [6.45, 7) is 5.53. The molecule has 0 rings (SSSR count). The van der Waals surface area contributed by atoms with E-state index < -0.39 is 42.0 Å². The summed E-state index contributed by atoms with van der Waals surface area (Å²) in [5.74, 6) is -2.47. The van der Waals surface area contributed by atoms with Gasteiger partial charge in [-0.15, -0.1) is 0 Å². The lowest BCUT2D eigenvalue weighted by atomic mass is 10.0. The Kier molecular flexibility index (Phi) is 10.2. The smallest absolute Gasteiger partial charge is 0.326 e. The lowest BCUT2D eigenvalue weighted by Gasteiger charge is -2.26. The molecule has 9 heteroatoms. The molecule has 0 radical (unpaired) electrons. The van der Waals surface area contributed by atoms with E-state index in [0.717, 1.165) is 0 Å². The summed E-state index contributed by atoms with van der Waals surface area (Å²) < 4.78 is 0. The number of hydrogen-bond donors (Lipinski definition) is 6. The number of carboxylic acid groups (broad SMARTS) is 1. The number of unbranched alkanes of at least 4 members (excludes halogenated alkanes) is 1. The number of carbonyl (C=O) groups excluding carboxylic acids is 2. The molecule has 0 aliphatic carbocycles. The van der Waals surface area contributed by atoms with Crippen LogP contribution in [0.25, 0.3) is 0 Å². The maximum absolute atomic E-state index is 12.4. The minimum atomic E-state index is -1.12. The molecule has 2 amide bonds. The largest absolute Gasteiger partial charge is 0.480 e. The molecule has 0 saturated carbocycles. The molecule has 0 fully saturated rings. The molecule has 0 aliphatic heterocycles. The van der Waals surface area contributed by atoms with Crippen molar-refractivity contribution in [1.82, 2.24) is 10.6 Å². The Labute approximate surface area is 142 Å². The summed E-state index contributed by atoms with van der Waals surface area (Å²) >= 11 is 0. The van der Waals surface area contributed by atoms with Gasteiger partial charge in [0.1, 0.15) is 12.1 Å². The monoisotopic (exact) mass is 345 g/mol. The van der Waals surface area contributed by atoms with Crippen molar-refractivity contribution >= 4 is 17.8 Å². The van der Waals surface area contributed by atoms with Crippen molar-refractivity contribution in [1.29, 1.82) is 0 Å². The van der Waals surface area contributed by atoms with Crippen molar-refractivity contribution in [2.24, 2.45) is 23.1 Å². The van der Waals surface area contributed by atoms with Gasteiger partial charge in [-0.1, -0.05) is 13.8 Å².